The highest BCUT2D eigenvalue weighted by Crippen LogP contribution is 2.23. The van der Waals surface area contributed by atoms with E-state index in [4.69, 9.17) is 9.47 Å². The van der Waals surface area contributed by atoms with Crippen LogP contribution < -0.4 is 5.32 Å². The molecule has 24 heavy (non-hydrogen) atoms. The summed E-state index contributed by atoms with van der Waals surface area (Å²) in [6.07, 6.45) is 10.6. The molecular formula is C19H34N2O3. The van der Waals surface area contributed by atoms with Gasteiger partial charge in [-0.15, -0.1) is 0 Å². The molecule has 0 aromatic carbocycles. The number of ether oxygens (including phenoxy) is 2. The molecule has 0 unspecified atom stereocenters. The van der Waals surface area contributed by atoms with Crippen molar-refractivity contribution in [2.45, 2.75) is 69.9 Å². The summed E-state index contributed by atoms with van der Waals surface area (Å²) >= 11 is 0. The third kappa shape index (κ3) is 5.43. The Bertz CT molecular complexity index is 377. The third-order valence-corrected chi connectivity index (χ3v) is 5.87. The molecule has 3 fully saturated rings. The number of carbonyl (C=O) groups excluding carboxylic acids is 1. The van der Waals surface area contributed by atoms with Crippen LogP contribution in [0.15, 0.2) is 0 Å². The molecule has 5 heteroatoms. The molecule has 1 aliphatic carbocycles. The third-order valence-electron chi connectivity index (χ3n) is 5.87. The fourth-order valence-electron chi connectivity index (χ4n) is 4.34. The van der Waals surface area contributed by atoms with Crippen LogP contribution in [0, 0.1) is 5.92 Å². The number of rotatable bonds is 5. The van der Waals surface area contributed by atoms with E-state index in [0.717, 1.165) is 71.6 Å². The number of hydrogen-bond acceptors (Lipinski definition) is 4. The summed E-state index contributed by atoms with van der Waals surface area (Å²) in [5.41, 5.74) is 0. The average Bonchev–Trinajstić information content (AvgIpc) is 2.92. The van der Waals surface area contributed by atoms with Crippen molar-refractivity contribution in [3.05, 3.63) is 0 Å². The summed E-state index contributed by atoms with van der Waals surface area (Å²) < 4.78 is 11.4. The van der Waals surface area contributed by atoms with E-state index in [2.05, 4.69) is 10.2 Å². The summed E-state index contributed by atoms with van der Waals surface area (Å²) in [7, 11) is 0. The van der Waals surface area contributed by atoms with Gasteiger partial charge in [0.1, 0.15) is 0 Å². The number of nitrogens with zero attached hydrogens (tertiary/aromatic N) is 1. The first-order valence-corrected chi connectivity index (χ1v) is 10.0. The molecule has 0 aromatic rings. The highest BCUT2D eigenvalue weighted by atomic mass is 16.5. The first kappa shape index (κ1) is 18.2. The Labute approximate surface area is 146 Å². The van der Waals surface area contributed by atoms with Gasteiger partial charge in [0.25, 0.3) is 0 Å². The molecule has 2 saturated heterocycles. The molecule has 0 bridgehead atoms. The number of amides is 1. The lowest BCUT2D eigenvalue weighted by atomic mass is 9.99. The van der Waals surface area contributed by atoms with E-state index in [1.807, 2.05) is 0 Å². The summed E-state index contributed by atoms with van der Waals surface area (Å²) in [5, 5.41) is 3.16. The molecule has 138 valence electrons. The molecule has 1 N–H and O–H groups in total. The number of morpholine rings is 1. The van der Waals surface area contributed by atoms with Crippen LogP contribution in [0.25, 0.3) is 0 Å². The second kappa shape index (κ2) is 9.73. The molecule has 0 spiro atoms. The minimum Gasteiger partial charge on any atom is -0.381 e. The van der Waals surface area contributed by atoms with Gasteiger partial charge in [0.15, 0.2) is 0 Å². The second-order valence-corrected chi connectivity index (χ2v) is 7.60. The van der Waals surface area contributed by atoms with Gasteiger partial charge in [-0.2, -0.15) is 0 Å². The molecule has 1 amide bonds. The van der Waals surface area contributed by atoms with E-state index in [1.165, 1.54) is 25.7 Å². The van der Waals surface area contributed by atoms with E-state index < -0.39 is 0 Å². The lowest BCUT2D eigenvalue weighted by molar-refractivity contribution is -0.125. The van der Waals surface area contributed by atoms with Crippen LogP contribution in [0.4, 0.5) is 0 Å². The van der Waals surface area contributed by atoms with Gasteiger partial charge in [-0.25, -0.2) is 0 Å². The molecule has 3 rings (SSSR count). The van der Waals surface area contributed by atoms with Crippen molar-refractivity contribution in [3.8, 4) is 0 Å². The van der Waals surface area contributed by atoms with Gasteiger partial charge in [-0.1, -0.05) is 25.7 Å². The molecule has 0 aromatic heterocycles. The zero-order chi connectivity index (χ0) is 16.6. The largest absolute Gasteiger partial charge is 0.381 e. The second-order valence-electron chi connectivity index (χ2n) is 7.60. The van der Waals surface area contributed by atoms with Crippen molar-refractivity contribution >= 4 is 5.91 Å². The minimum absolute atomic E-state index is 0.249. The zero-order valence-corrected chi connectivity index (χ0v) is 15.0. The molecule has 2 aliphatic heterocycles. The molecular weight excluding hydrogens is 304 g/mol. The Balaban J connectivity index is 1.35. The first-order chi connectivity index (χ1) is 11.8. The van der Waals surface area contributed by atoms with Crippen LogP contribution >= 0.6 is 0 Å². The van der Waals surface area contributed by atoms with Crippen molar-refractivity contribution < 1.29 is 14.3 Å². The number of nitrogens with one attached hydrogen (secondary N) is 1. The van der Waals surface area contributed by atoms with Gasteiger partial charge >= 0.3 is 0 Å². The van der Waals surface area contributed by atoms with Crippen LogP contribution in [-0.2, 0) is 14.3 Å². The normalized spacial score (nSPS) is 28.4. The maximum Gasteiger partial charge on any atom is 0.223 e. The maximum absolute atomic E-state index is 12.3. The van der Waals surface area contributed by atoms with Crippen molar-refractivity contribution in [1.82, 2.24) is 10.2 Å². The maximum atomic E-state index is 12.3. The summed E-state index contributed by atoms with van der Waals surface area (Å²) in [6.45, 7) is 5.40. The lowest BCUT2D eigenvalue weighted by Gasteiger charge is -2.39. The van der Waals surface area contributed by atoms with Crippen molar-refractivity contribution in [3.63, 3.8) is 0 Å². The Morgan fingerprint density at radius 2 is 1.75 bits per heavy atom. The standard InChI is InChI=1S/C19H34N2O3/c22-19(16-5-3-1-2-4-6-16)20-10-7-18-15-21(11-14-24-18)17-8-12-23-13-9-17/h16-18H,1-15H2,(H,20,22)/t18-/m1/s1. The number of carbonyl (C=O) groups is 1. The Kier molecular flexibility index (Phi) is 7.36. The van der Waals surface area contributed by atoms with Gasteiger partial charge in [0, 0.05) is 44.8 Å². The van der Waals surface area contributed by atoms with Crippen LogP contribution in [0.5, 0.6) is 0 Å². The predicted octanol–water partition coefficient (Wildman–Crippen LogP) is 2.34. The summed E-state index contributed by atoms with van der Waals surface area (Å²) in [5.74, 6) is 0.521. The van der Waals surface area contributed by atoms with Crippen LogP contribution in [0.2, 0.25) is 0 Å². The first-order valence-electron chi connectivity index (χ1n) is 10.0. The van der Waals surface area contributed by atoms with Gasteiger partial charge < -0.3 is 14.8 Å². The van der Waals surface area contributed by atoms with Crippen molar-refractivity contribution in [1.29, 1.82) is 0 Å². The topological polar surface area (TPSA) is 50.8 Å². The molecule has 0 radical (unpaired) electrons. The molecule has 2 heterocycles. The van der Waals surface area contributed by atoms with E-state index >= 15 is 0 Å². The van der Waals surface area contributed by atoms with Gasteiger partial charge in [-0.05, 0) is 32.1 Å². The van der Waals surface area contributed by atoms with Gasteiger partial charge in [0.05, 0.1) is 12.7 Å². The Morgan fingerprint density at radius 3 is 2.50 bits per heavy atom. The molecule has 1 atom stereocenters. The Morgan fingerprint density at radius 1 is 1.00 bits per heavy atom. The van der Waals surface area contributed by atoms with E-state index in [0.29, 0.717) is 6.04 Å². The molecule has 3 aliphatic rings. The highest BCUT2D eigenvalue weighted by Gasteiger charge is 2.28. The fourth-order valence-corrected chi connectivity index (χ4v) is 4.34. The number of hydrogen-bond donors (Lipinski definition) is 1. The monoisotopic (exact) mass is 338 g/mol. The smallest absolute Gasteiger partial charge is 0.223 e. The van der Waals surface area contributed by atoms with E-state index in [9.17, 15) is 4.79 Å². The predicted molar refractivity (Wildman–Crippen MR) is 94.0 cm³/mol. The Hall–Kier alpha value is -0.650. The highest BCUT2D eigenvalue weighted by molar-refractivity contribution is 5.78. The SMILES string of the molecule is O=C(NCC[C@@H]1CN(C2CCOCC2)CCO1)C1CCCCCC1. The minimum atomic E-state index is 0.249. The van der Waals surface area contributed by atoms with E-state index in [-0.39, 0.29) is 17.9 Å². The summed E-state index contributed by atoms with van der Waals surface area (Å²) in [4.78, 5) is 14.9. The quantitative estimate of drug-likeness (QED) is 0.782. The van der Waals surface area contributed by atoms with Crippen molar-refractivity contribution in [2.24, 2.45) is 5.92 Å². The van der Waals surface area contributed by atoms with E-state index in [1.54, 1.807) is 0 Å². The van der Waals surface area contributed by atoms with Crippen LogP contribution in [0.1, 0.15) is 57.8 Å². The fraction of sp³-hybridized carbons (Fsp3) is 0.947. The van der Waals surface area contributed by atoms with Gasteiger partial charge in [0.2, 0.25) is 5.91 Å². The van der Waals surface area contributed by atoms with Crippen LogP contribution in [-0.4, -0.2) is 62.4 Å². The van der Waals surface area contributed by atoms with Crippen molar-refractivity contribution in [2.75, 3.05) is 39.5 Å². The molecule has 5 nitrogen and oxygen atoms in total. The summed E-state index contributed by atoms with van der Waals surface area (Å²) in [6, 6.07) is 0.658. The van der Waals surface area contributed by atoms with Crippen LogP contribution in [0.3, 0.4) is 0 Å². The lowest BCUT2D eigenvalue weighted by Crippen LogP contribution is -2.50. The zero-order valence-electron chi connectivity index (χ0n) is 15.0. The molecule has 1 saturated carbocycles. The average molecular weight is 338 g/mol. The van der Waals surface area contributed by atoms with Gasteiger partial charge in [-0.3, -0.25) is 9.69 Å².